The molecule has 0 amide bonds. The van der Waals surface area contributed by atoms with Crippen molar-refractivity contribution in [3.63, 3.8) is 0 Å². The molecule has 0 unspecified atom stereocenters. The van der Waals surface area contributed by atoms with Gasteiger partial charge in [-0.2, -0.15) is 23.4 Å². The molecule has 0 aliphatic rings. The molecule has 9 heteroatoms. The van der Waals surface area contributed by atoms with Crippen molar-refractivity contribution < 1.29 is 13.2 Å². The molecule has 3 rings (SSSR count). The molecule has 6 nitrogen and oxygen atoms in total. The number of nitrogens with one attached hydrogen (secondary N) is 1. The molecular formula is C14H15F3N6. The Balaban J connectivity index is 1.71. The molecular weight excluding hydrogens is 309 g/mol. The van der Waals surface area contributed by atoms with Gasteiger partial charge in [-0.15, -0.1) is 0 Å². The van der Waals surface area contributed by atoms with Crippen LogP contribution >= 0.6 is 0 Å². The van der Waals surface area contributed by atoms with E-state index >= 15 is 0 Å². The highest BCUT2D eigenvalue weighted by Gasteiger charge is 2.34. The van der Waals surface area contributed by atoms with E-state index in [1.165, 1.54) is 4.68 Å². The molecule has 23 heavy (non-hydrogen) atoms. The van der Waals surface area contributed by atoms with Crippen LogP contribution < -0.4 is 5.32 Å². The molecule has 0 aromatic carbocycles. The van der Waals surface area contributed by atoms with Gasteiger partial charge in [0.15, 0.2) is 11.5 Å². The first kappa shape index (κ1) is 15.3. The standard InChI is InChI=1S/C14H15F3N6/c1-9-7-11-13(19-4-6-23(11)20-9)18-3-5-22-10(2)8-12(21-22)14(15,16)17/h4,6-8H,3,5H2,1-2H3,(H,18,19). The van der Waals surface area contributed by atoms with Gasteiger partial charge in [-0.05, 0) is 26.0 Å². The van der Waals surface area contributed by atoms with Gasteiger partial charge in [0.1, 0.15) is 5.52 Å². The topological polar surface area (TPSA) is 60.0 Å². The number of hydrogen-bond donors (Lipinski definition) is 1. The Morgan fingerprint density at radius 2 is 1.96 bits per heavy atom. The summed E-state index contributed by atoms with van der Waals surface area (Å²) in [6.07, 6.45) is -1.07. The van der Waals surface area contributed by atoms with E-state index in [1.807, 2.05) is 13.0 Å². The molecule has 0 saturated carbocycles. The summed E-state index contributed by atoms with van der Waals surface area (Å²) in [5.41, 5.74) is 1.27. The summed E-state index contributed by atoms with van der Waals surface area (Å²) < 4.78 is 40.9. The Kier molecular flexibility index (Phi) is 3.70. The first-order valence-corrected chi connectivity index (χ1v) is 7.01. The molecule has 0 aliphatic carbocycles. The van der Waals surface area contributed by atoms with Crippen molar-refractivity contribution in [2.24, 2.45) is 0 Å². The van der Waals surface area contributed by atoms with Gasteiger partial charge in [0, 0.05) is 24.6 Å². The zero-order valence-corrected chi connectivity index (χ0v) is 12.6. The SMILES string of the molecule is Cc1cc2c(NCCn3nc(C(F)(F)F)cc3C)nccn2n1. The molecule has 3 aromatic rings. The molecule has 122 valence electrons. The lowest BCUT2D eigenvalue weighted by molar-refractivity contribution is -0.141. The van der Waals surface area contributed by atoms with Crippen LogP contribution in [0, 0.1) is 13.8 Å². The molecule has 0 spiro atoms. The summed E-state index contributed by atoms with van der Waals surface area (Å²) in [5, 5.41) is 11.0. The van der Waals surface area contributed by atoms with Gasteiger partial charge in [0.25, 0.3) is 0 Å². The maximum atomic E-state index is 12.6. The van der Waals surface area contributed by atoms with Crippen molar-refractivity contribution >= 4 is 11.3 Å². The van der Waals surface area contributed by atoms with Crippen molar-refractivity contribution in [3.8, 4) is 0 Å². The number of alkyl halides is 3. The molecule has 3 heterocycles. The van der Waals surface area contributed by atoms with E-state index in [-0.39, 0.29) is 0 Å². The van der Waals surface area contributed by atoms with E-state index in [1.54, 1.807) is 23.8 Å². The van der Waals surface area contributed by atoms with Gasteiger partial charge in [0.2, 0.25) is 0 Å². The molecule has 1 N–H and O–H groups in total. The summed E-state index contributed by atoms with van der Waals surface area (Å²) in [7, 11) is 0. The largest absolute Gasteiger partial charge is 0.435 e. The van der Waals surface area contributed by atoms with Gasteiger partial charge < -0.3 is 5.32 Å². The minimum atomic E-state index is -4.42. The second-order valence-corrected chi connectivity index (χ2v) is 5.21. The fourth-order valence-electron chi connectivity index (χ4n) is 2.34. The van der Waals surface area contributed by atoms with E-state index in [2.05, 4.69) is 20.5 Å². The third-order valence-corrected chi connectivity index (χ3v) is 3.40. The van der Waals surface area contributed by atoms with E-state index < -0.39 is 11.9 Å². The zero-order chi connectivity index (χ0) is 16.6. The number of hydrogen-bond acceptors (Lipinski definition) is 4. The number of aromatic nitrogens is 5. The minimum Gasteiger partial charge on any atom is -0.366 e. The fraction of sp³-hybridized carbons (Fsp3) is 0.357. The van der Waals surface area contributed by atoms with Crippen molar-refractivity contribution in [1.82, 2.24) is 24.4 Å². The highest BCUT2D eigenvalue weighted by atomic mass is 19.4. The Labute approximate surface area is 129 Å². The highest BCUT2D eigenvalue weighted by molar-refractivity contribution is 5.67. The lowest BCUT2D eigenvalue weighted by atomic mass is 10.3. The molecule has 0 aliphatic heterocycles. The second kappa shape index (κ2) is 5.56. The fourth-order valence-corrected chi connectivity index (χ4v) is 2.34. The predicted molar refractivity (Wildman–Crippen MR) is 78.2 cm³/mol. The molecule has 0 bridgehead atoms. The van der Waals surface area contributed by atoms with Gasteiger partial charge in [-0.25, -0.2) is 9.50 Å². The summed E-state index contributed by atoms with van der Waals surface area (Å²) in [6.45, 7) is 4.18. The highest BCUT2D eigenvalue weighted by Crippen LogP contribution is 2.28. The number of nitrogens with zero attached hydrogens (tertiary/aromatic N) is 5. The van der Waals surface area contributed by atoms with Crippen LogP contribution in [0.3, 0.4) is 0 Å². The molecule has 0 radical (unpaired) electrons. The van der Waals surface area contributed by atoms with Gasteiger partial charge >= 0.3 is 6.18 Å². The maximum absolute atomic E-state index is 12.6. The minimum absolute atomic E-state index is 0.303. The number of halogens is 3. The van der Waals surface area contributed by atoms with Gasteiger partial charge in [0.05, 0.1) is 12.2 Å². The normalized spacial score (nSPS) is 12.0. The van der Waals surface area contributed by atoms with Crippen LogP contribution in [0.2, 0.25) is 0 Å². The van der Waals surface area contributed by atoms with Crippen LogP contribution in [0.25, 0.3) is 5.52 Å². The summed E-state index contributed by atoms with van der Waals surface area (Å²) in [4.78, 5) is 4.24. The maximum Gasteiger partial charge on any atom is 0.435 e. The Morgan fingerprint density at radius 3 is 2.65 bits per heavy atom. The average molecular weight is 324 g/mol. The van der Waals surface area contributed by atoms with Crippen molar-refractivity contribution in [1.29, 1.82) is 0 Å². The summed E-state index contributed by atoms with van der Waals surface area (Å²) in [6, 6.07) is 2.93. The number of anilines is 1. The van der Waals surface area contributed by atoms with E-state index in [4.69, 9.17) is 0 Å². The first-order valence-electron chi connectivity index (χ1n) is 7.01. The lowest BCUT2D eigenvalue weighted by Crippen LogP contribution is -2.15. The van der Waals surface area contributed by atoms with E-state index in [0.29, 0.717) is 24.6 Å². The smallest absolute Gasteiger partial charge is 0.366 e. The Morgan fingerprint density at radius 1 is 1.17 bits per heavy atom. The average Bonchev–Trinajstić information content (AvgIpc) is 3.01. The third kappa shape index (κ3) is 3.13. The molecule has 0 atom stereocenters. The number of aryl methyl sites for hydroxylation is 2. The first-order chi connectivity index (χ1) is 10.8. The summed E-state index contributed by atoms with van der Waals surface area (Å²) in [5.74, 6) is 0.633. The Hall–Kier alpha value is -2.58. The number of fused-ring (bicyclic) bond motifs is 1. The van der Waals surface area contributed by atoms with Crippen molar-refractivity contribution in [2.45, 2.75) is 26.6 Å². The van der Waals surface area contributed by atoms with Crippen molar-refractivity contribution in [2.75, 3.05) is 11.9 Å². The second-order valence-electron chi connectivity index (χ2n) is 5.21. The lowest BCUT2D eigenvalue weighted by Gasteiger charge is -2.08. The quantitative estimate of drug-likeness (QED) is 0.801. The Bertz CT molecular complexity index is 833. The monoisotopic (exact) mass is 324 g/mol. The van der Waals surface area contributed by atoms with E-state index in [0.717, 1.165) is 17.3 Å². The summed E-state index contributed by atoms with van der Waals surface area (Å²) >= 11 is 0. The number of rotatable bonds is 4. The van der Waals surface area contributed by atoms with Crippen LogP contribution in [0.4, 0.5) is 19.0 Å². The van der Waals surface area contributed by atoms with Crippen molar-refractivity contribution in [3.05, 3.63) is 41.6 Å². The van der Waals surface area contributed by atoms with Gasteiger partial charge in [-0.3, -0.25) is 4.68 Å². The van der Waals surface area contributed by atoms with Crippen LogP contribution in [-0.4, -0.2) is 30.9 Å². The third-order valence-electron chi connectivity index (χ3n) is 3.40. The van der Waals surface area contributed by atoms with Crippen LogP contribution in [0.5, 0.6) is 0 Å². The van der Waals surface area contributed by atoms with Gasteiger partial charge in [-0.1, -0.05) is 0 Å². The molecule has 0 saturated heterocycles. The van der Waals surface area contributed by atoms with Crippen LogP contribution in [0.1, 0.15) is 17.1 Å². The van der Waals surface area contributed by atoms with E-state index in [9.17, 15) is 13.2 Å². The molecule has 0 fully saturated rings. The van der Waals surface area contributed by atoms with Crippen LogP contribution in [-0.2, 0) is 12.7 Å². The van der Waals surface area contributed by atoms with Crippen LogP contribution in [0.15, 0.2) is 24.5 Å². The zero-order valence-electron chi connectivity index (χ0n) is 12.6. The molecule has 3 aromatic heterocycles. The predicted octanol–water partition coefficient (Wildman–Crippen LogP) is 2.67.